The van der Waals surface area contributed by atoms with Crippen molar-refractivity contribution in [1.29, 1.82) is 0 Å². The Morgan fingerprint density at radius 1 is 1.30 bits per heavy atom. The molecule has 0 aliphatic carbocycles. The van der Waals surface area contributed by atoms with Crippen LogP contribution in [0.3, 0.4) is 0 Å². The highest BCUT2D eigenvalue weighted by Gasteiger charge is 2.33. The summed E-state index contributed by atoms with van der Waals surface area (Å²) in [6.07, 6.45) is 2.28. The molecule has 0 fully saturated rings. The lowest BCUT2D eigenvalue weighted by molar-refractivity contribution is 0.0914. The number of rotatable bonds is 9. The Labute approximate surface area is 137 Å². The number of likely N-dealkylation sites (N-methyl/N-ethyl adjacent to an activating group) is 1. The fourth-order valence-corrected chi connectivity index (χ4v) is 4.31. The summed E-state index contributed by atoms with van der Waals surface area (Å²) in [5.41, 5.74) is 0.162. The molecule has 0 saturated carbocycles. The molecule has 1 rings (SSSR count). The Hall–Kier alpha value is 0.1000. The van der Waals surface area contributed by atoms with Crippen LogP contribution in [0, 0.1) is 0 Å². The Morgan fingerprint density at radius 2 is 1.95 bits per heavy atom. The molecule has 1 heterocycles. The third kappa shape index (κ3) is 4.83. The minimum absolute atomic E-state index is 0.162. The lowest BCUT2D eigenvalue weighted by Gasteiger charge is -2.44. The first-order valence-electron chi connectivity index (χ1n) is 7.66. The fraction of sp³-hybridized carbons (Fsp3) is 0.750. The summed E-state index contributed by atoms with van der Waals surface area (Å²) in [6, 6.07) is 2.73. The molecule has 0 aliphatic rings. The van der Waals surface area contributed by atoms with Crippen LogP contribution in [0.15, 0.2) is 15.9 Å². The molecular formula is C16H29BrN2S. The van der Waals surface area contributed by atoms with Gasteiger partial charge in [0, 0.05) is 26.3 Å². The topological polar surface area (TPSA) is 15.3 Å². The van der Waals surface area contributed by atoms with E-state index in [1.165, 1.54) is 15.8 Å². The van der Waals surface area contributed by atoms with Crippen LogP contribution < -0.4 is 5.32 Å². The predicted molar refractivity (Wildman–Crippen MR) is 94.8 cm³/mol. The van der Waals surface area contributed by atoms with Crippen molar-refractivity contribution in [3.05, 3.63) is 20.8 Å². The maximum atomic E-state index is 3.77. The van der Waals surface area contributed by atoms with Crippen molar-refractivity contribution < 1.29 is 0 Å². The minimum Gasteiger partial charge on any atom is -0.312 e. The van der Waals surface area contributed by atoms with Crippen molar-refractivity contribution in [1.82, 2.24) is 10.2 Å². The fourth-order valence-electron chi connectivity index (χ4n) is 2.81. The van der Waals surface area contributed by atoms with Crippen molar-refractivity contribution >= 4 is 27.3 Å². The summed E-state index contributed by atoms with van der Waals surface area (Å²) in [4.78, 5) is 4.01. The predicted octanol–water partition coefficient (Wildman–Crippen LogP) is 4.54. The van der Waals surface area contributed by atoms with Gasteiger partial charge in [-0.25, -0.2) is 0 Å². The van der Waals surface area contributed by atoms with Crippen molar-refractivity contribution in [2.75, 3.05) is 19.6 Å². The van der Waals surface area contributed by atoms with Crippen LogP contribution in [-0.4, -0.2) is 36.1 Å². The van der Waals surface area contributed by atoms with E-state index in [-0.39, 0.29) is 5.54 Å². The standard InChI is InChI=1S/C16H29BrN2S/c1-6-9-18-15(11-14-10-13(17)12-20-14)16(4,5)19(7-2)8-3/h10,12,15,18H,6-9,11H2,1-5H3. The zero-order valence-electron chi connectivity index (χ0n) is 13.5. The Kier molecular flexibility index (Phi) is 7.73. The molecule has 20 heavy (non-hydrogen) atoms. The van der Waals surface area contributed by atoms with E-state index in [4.69, 9.17) is 0 Å². The molecule has 0 spiro atoms. The molecule has 4 heteroatoms. The third-order valence-corrected chi connectivity index (χ3v) is 5.82. The van der Waals surface area contributed by atoms with Gasteiger partial charge in [-0.2, -0.15) is 0 Å². The molecular weight excluding hydrogens is 332 g/mol. The van der Waals surface area contributed by atoms with Crippen LogP contribution in [0.5, 0.6) is 0 Å². The summed E-state index contributed by atoms with van der Waals surface area (Å²) >= 11 is 5.41. The summed E-state index contributed by atoms with van der Waals surface area (Å²) in [7, 11) is 0. The zero-order chi connectivity index (χ0) is 15.2. The molecule has 1 N–H and O–H groups in total. The molecule has 0 radical (unpaired) electrons. The molecule has 0 bridgehead atoms. The molecule has 0 aliphatic heterocycles. The van der Waals surface area contributed by atoms with Crippen LogP contribution in [0.1, 0.15) is 45.9 Å². The highest BCUT2D eigenvalue weighted by atomic mass is 79.9. The van der Waals surface area contributed by atoms with Gasteiger partial charge in [-0.3, -0.25) is 4.90 Å². The monoisotopic (exact) mass is 360 g/mol. The van der Waals surface area contributed by atoms with Gasteiger partial charge in [-0.15, -0.1) is 11.3 Å². The maximum Gasteiger partial charge on any atom is 0.0309 e. The van der Waals surface area contributed by atoms with Gasteiger partial charge in [0.25, 0.3) is 0 Å². The first-order valence-corrected chi connectivity index (χ1v) is 9.34. The van der Waals surface area contributed by atoms with E-state index in [9.17, 15) is 0 Å². The van der Waals surface area contributed by atoms with Crippen LogP contribution in [0.4, 0.5) is 0 Å². The number of nitrogens with one attached hydrogen (secondary N) is 1. The van der Waals surface area contributed by atoms with Crippen molar-refractivity contribution in [2.24, 2.45) is 0 Å². The average Bonchev–Trinajstić information content (AvgIpc) is 2.81. The maximum absolute atomic E-state index is 3.77. The first kappa shape index (κ1) is 18.1. The van der Waals surface area contributed by atoms with Gasteiger partial charge in [0.1, 0.15) is 0 Å². The average molecular weight is 361 g/mol. The molecule has 116 valence electrons. The SMILES string of the molecule is CCCNC(Cc1cc(Br)cs1)C(C)(C)N(CC)CC. The number of hydrogen-bond acceptors (Lipinski definition) is 3. The molecule has 1 unspecified atom stereocenters. The summed E-state index contributed by atoms with van der Waals surface area (Å²) in [6.45, 7) is 14.8. The van der Waals surface area contributed by atoms with Gasteiger partial charge in [0.2, 0.25) is 0 Å². The molecule has 1 atom stereocenters. The lowest BCUT2D eigenvalue weighted by atomic mass is 9.89. The van der Waals surface area contributed by atoms with Gasteiger partial charge in [0.15, 0.2) is 0 Å². The Morgan fingerprint density at radius 3 is 2.40 bits per heavy atom. The smallest absolute Gasteiger partial charge is 0.0309 e. The first-order chi connectivity index (χ1) is 9.45. The highest BCUT2D eigenvalue weighted by Crippen LogP contribution is 2.26. The number of hydrogen-bond donors (Lipinski definition) is 1. The number of nitrogens with zero attached hydrogens (tertiary/aromatic N) is 1. The van der Waals surface area contributed by atoms with Crippen LogP contribution in [-0.2, 0) is 6.42 Å². The van der Waals surface area contributed by atoms with Crippen molar-refractivity contribution in [3.63, 3.8) is 0 Å². The number of thiophene rings is 1. The molecule has 0 amide bonds. The van der Waals surface area contributed by atoms with Crippen LogP contribution in [0.2, 0.25) is 0 Å². The van der Waals surface area contributed by atoms with Crippen molar-refractivity contribution in [2.45, 2.75) is 59.0 Å². The van der Waals surface area contributed by atoms with E-state index < -0.39 is 0 Å². The van der Waals surface area contributed by atoms with Gasteiger partial charge in [-0.1, -0.05) is 20.8 Å². The van der Waals surface area contributed by atoms with Crippen molar-refractivity contribution in [3.8, 4) is 0 Å². The van der Waals surface area contributed by atoms with Gasteiger partial charge in [0.05, 0.1) is 0 Å². The second-order valence-corrected chi connectivity index (χ2v) is 7.68. The third-order valence-electron chi connectivity index (χ3n) is 4.10. The molecule has 0 aromatic carbocycles. The number of halogens is 1. The largest absolute Gasteiger partial charge is 0.312 e. The second kappa shape index (κ2) is 8.52. The second-order valence-electron chi connectivity index (χ2n) is 5.77. The normalized spacial score (nSPS) is 13.9. The van der Waals surface area contributed by atoms with E-state index in [2.05, 4.69) is 72.2 Å². The van der Waals surface area contributed by atoms with E-state index in [0.717, 1.165) is 26.1 Å². The quantitative estimate of drug-likeness (QED) is 0.695. The summed E-state index contributed by atoms with van der Waals surface area (Å²) in [5, 5.41) is 5.94. The molecule has 2 nitrogen and oxygen atoms in total. The van der Waals surface area contributed by atoms with E-state index in [1.54, 1.807) is 0 Å². The molecule has 1 aromatic heterocycles. The lowest BCUT2D eigenvalue weighted by Crippen LogP contribution is -2.58. The molecule has 0 saturated heterocycles. The highest BCUT2D eigenvalue weighted by molar-refractivity contribution is 9.10. The Bertz CT molecular complexity index is 386. The van der Waals surface area contributed by atoms with E-state index in [1.807, 2.05) is 11.3 Å². The van der Waals surface area contributed by atoms with Crippen LogP contribution in [0.25, 0.3) is 0 Å². The van der Waals surface area contributed by atoms with Gasteiger partial charge in [-0.05, 0) is 68.3 Å². The van der Waals surface area contributed by atoms with E-state index in [0.29, 0.717) is 6.04 Å². The summed E-state index contributed by atoms with van der Waals surface area (Å²) in [5.74, 6) is 0. The van der Waals surface area contributed by atoms with Gasteiger partial charge < -0.3 is 5.32 Å². The molecule has 1 aromatic rings. The zero-order valence-corrected chi connectivity index (χ0v) is 15.9. The van der Waals surface area contributed by atoms with Gasteiger partial charge >= 0.3 is 0 Å². The minimum atomic E-state index is 0.162. The van der Waals surface area contributed by atoms with E-state index >= 15 is 0 Å². The summed E-state index contributed by atoms with van der Waals surface area (Å²) < 4.78 is 1.20. The van der Waals surface area contributed by atoms with Crippen LogP contribution >= 0.6 is 27.3 Å². The Balaban J connectivity index is 2.86.